The van der Waals surface area contributed by atoms with E-state index in [-0.39, 0.29) is 18.6 Å². The Hall–Kier alpha value is -2.59. The fourth-order valence-electron chi connectivity index (χ4n) is 3.88. The highest BCUT2D eigenvalue weighted by atomic mass is 32.1. The summed E-state index contributed by atoms with van der Waals surface area (Å²) in [7, 11) is 3.16. The van der Waals surface area contributed by atoms with Crippen LogP contribution in [0.5, 0.6) is 5.88 Å². The van der Waals surface area contributed by atoms with E-state index in [1.165, 1.54) is 16.9 Å². The summed E-state index contributed by atoms with van der Waals surface area (Å²) in [4.78, 5) is 25.6. The van der Waals surface area contributed by atoms with Gasteiger partial charge in [-0.1, -0.05) is 30.3 Å². The van der Waals surface area contributed by atoms with Crippen LogP contribution in [0.4, 0.5) is 0 Å². The highest BCUT2D eigenvalue weighted by molar-refractivity contribution is 7.20. The van der Waals surface area contributed by atoms with E-state index in [1.54, 1.807) is 14.2 Å². The molecule has 0 saturated carbocycles. The van der Waals surface area contributed by atoms with Crippen LogP contribution in [0.15, 0.2) is 30.3 Å². The summed E-state index contributed by atoms with van der Waals surface area (Å²) in [5.74, 6) is 0.853. The fraction of sp³-hybridized carbons (Fsp3) is 0.435. The van der Waals surface area contributed by atoms with Gasteiger partial charge in [-0.15, -0.1) is 11.3 Å². The molecular formula is C23H28N4O4S. The number of carbonyl (C=O) groups is 1. The number of methoxy groups -OCH3 is 2. The molecule has 1 N–H and O–H groups in total. The molecule has 170 valence electrons. The van der Waals surface area contributed by atoms with Crippen molar-refractivity contribution in [2.45, 2.75) is 26.2 Å². The maximum Gasteiger partial charge on any atom is 0.261 e. The van der Waals surface area contributed by atoms with Crippen LogP contribution in [-0.4, -0.2) is 67.3 Å². The Morgan fingerprint density at radius 2 is 2.09 bits per heavy atom. The predicted molar refractivity (Wildman–Crippen MR) is 123 cm³/mol. The number of fused-ring (bicyclic) bond motifs is 1. The molecule has 0 bridgehead atoms. The van der Waals surface area contributed by atoms with E-state index < -0.39 is 0 Å². The number of hydrogen-bond acceptors (Lipinski definition) is 8. The van der Waals surface area contributed by atoms with Crippen LogP contribution in [0.2, 0.25) is 0 Å². The van der Waals surface area contributed by atoms with Crippen molar-refractivity contribution < 1.29 is 19.0 Å². The molecular weight excluding hydrogens is 428 g/mol. The minimum atomic E-state index is -0.135. The van der Waals surface area contributed by atoms with Crippen LogP contribution < -0.4 is 10.1 Å². The lowest BCUT2D eigenvalue weighted by Gasteiger charge is -2.33. The van der Waals surface area contributed by atoms with Gasteiger partial charge in [0.05, 0.1) is 30.1 Å². The van der Waals surface area contributed by atoms with Crippen molar-refractivity contribution in [1.29, 1.82) is 0 Å². The summed E-state index contributed by atoms with van der Waals surface area (Å²) in [5, 5.41) is 3.81. The van der Waals surface area contributed by atoms with Gasteiger partial charge in [-0.2, -0.15) is 4.98 Å². The molecule has 1 aliphatic heterocycles. The molecule has 1 saturated heterocycles. The molecule has 9 heteroatoms. The van der Waals surface area contributed by atoms with E-state index in [1.807, 2.05) is 13.0 Å². The number of benzene rings is 1. The number of amides is 1. The number of aromatic nitrogens is 2. The van der Waals surface area contributed by atoms with E-state index in [2.05, 4.69) is 44.5 Å². The molecule has 3 aromatic rings. The molecule has 2 aromatic heterocycles. The van der Waals surface area contributed by atoms with E-state index in [4.69, 9.17) is 14.2 Å². The third kappa shape index (κ3) is 5.07. The van der Waals surface area contributed by atoms with Gasteiger partial charge in [0.1, 0.15) is 11.4 Å². The smallest absolute Gasteiger partial charge is 0.261 e. The molecule has 0 spiro atoms. The summed E-state index contributed by atoms with van der Waals surface area (Å²) in [6, 6.07) is 10.4. The standard InChI is InChI=1S/C23H28N4O4S/c1-15-19-22(30-3)25-18(14-29-2)26-23(19)32-20(15)21(28)24-11-17-13-27(9-10-31-17)12-16-7-5-4-6-8-16/h4-8,17H,9-14H2,1-3H3,(H,24,28). The second-order valence-corrected chi connectivity index (χ2v) is 8.74. The summed E-state index contributed by atoms with van der Waals surface area (Å²) < 4.78 is 16.5. The maximum absolute atomic E-state index is 13.0. The zero-order valence-corrected chi connectivity index (χ0v) is 19.4. The van der Waals surface area contributed by atoms with Gasteiger partial charge in [0.15, 0.2) is 5.82 Å². The number of carbonyl (C=O) groups excluding carboxylic acids is 1. The van der Waals surface area contributed by atoms with Crippen molar-refractivity contribution in [3.8, 4) is 5.88 Å². The van der Waals surface area contributed by atoms with Crippen molar-refractivity contribution >= 4 is 27.5 Å². The van der Waals surface area contributed by atoms with Gasteiger partial charge in [-0.25, -0.2) is 4.98 Å². The lowest BCUT2D eigenvalue weighted by molar-refractivity contribution is -0.0292. The Kier molecular flexibility index (Phi) is 7.31. The molecule has 4 rings (SSSR count). The predicted octanol–water partition coefficient (Wildman–Crippen LogP) is 2.79. The largest absolute Gasteiger partial charge is 0.480 e. The Labute approximate surface area is 191 Å². The summed E-state index contributed by atoms with van der Waals surface area (Å²) in [6.07, 6.45) is -0.0475. The van der Waals surface area contributed by atoms with Crippen molar-refractivity contribution in [3.05, 3.63) is 52.2 Å². The lowest BCUT2D eigenvalue weighted by Crippen LogP contribution is -2.47. The molecule has 1 aliphatic rings. The quantitative estimate of drug-likeness (QED) is 0.558. The molecule has 1 unspecified atom stereocenters. The number of nitrogens with one attached hydrogen (secondary N) is 1. The number of ether oxygens (including phenoxy) is 3. The first-order valence-electron chi connectivity index (χ1n) is 10.6. The van der Waals surface area contributed by atoms with Crippen LogP contribution in [0.3, 0.4) is 0 Å². The van der Waals surface area contributed by atoms with E-state index in [0.717, 1.165) is 35.4 Å². The third-order valence-corrected chi connectivity index (χ3v) is 6.62. The molecule has 1 amide bonds. The van der Waals surface area contributed by atoms with Crippen molar-refractivity contribution in [2.24, 2.45) is 0 Å². The van der Waals surface area contributed by atoms with Gasteiger partial charge < -0.3 is 19.5 Å². The maximum atomic E-state index is 13.0. The van der Waals surface area contributed by atoms with Gasteiger partial charge in [-0.3, -0.25) is 9.69 Å². The zero-order chi connectivity index (χ0) is 22.5. The topological polar surface area (TPSA) is 85.8 Å². The Morgan fingerprint density at radius 3 is 2.84 bits per heavy atom. The summed E-state index contributed by atoms with van der Waals surface area (Å²) in [6.45, 7) is 5.83. The highest BCUT2D eigenvalue weighted by Gasteiger charge is 2.24. The van der Waals surface area contributed by atoms with E-state index in [9.17, 15) is 4.79 Å². The fourth-order valence-corrected chi connectivity index (χ4v) is 4.98. The molecule has 1 atom stereocenters. The van der Waals surface area contributed by atoms with Gasteiger partial charge in [-0.05, 0) is 18.1 Å². The highest BCUT2D eigenvalue weighted by Crippen LogP contribution is 2.35. The molecule has 8 nitrogen and oxygen atoms in total. The Morgan fingerprint density at radius 1 is 1.28 bits per heavy atom. The SMILES string of the molecule is COCc1nc(OC)c2c(C)c(C(=O)NCC3CN(Cc4ccccc4)CCO3)sc2n1. The lowest BCUT2D eigenvalue weighted by atomic mass is 10.2. The minimum absolute atomic E-state index is 0.0475. The van der Waals surface area contributed by atoms with Crippen LogP contribution in [-0.2, 0) is 22.6 Å². The third-order valence-electron chi connectivity index (χ3n) is 5.44. The number of morpholine rings is 1. The Balaban J connectivity index is 1.42. The van der Waals surface area contributed by atoms with Crippen molar-refractivity contribution in [1.82, 2.24) is 20.2 Å². The van der Waals surface area contributed by atoms with Gasteiger partial charge in [0.2, 0.25) is 5.88 Å². The number of thiophene rings is 1. The van der Waals surface area contributed by atoms with Gasteiger partial charge in [0.25, 0.3) is 5.91 Å². The van der Waals surface area contributed by atoms with Gasteiger partial charge >= 0.3 is 0 Å². The summed E-state index contributed by atoms with van der Waals surface area (Å²) in [5.41, 5.74) is 2.10. The number of aryl methyl sites for hydroxylation is 1. The first-order chi connectivity index (χ1) is 15.6. The number of hydrogen-bond donors (Lipinski definition) is 1. The zero-order valence-electron chi connectivity index (χ0n) is 18.6. The van der Waals surface area contributed by atoms with Crippen LogP contribution >= 0.6 is 11.3 Å². The molecule has 1 fully saturated rings. The second-order valence-electron chi connectivity index (χ2n) is 7.74. The summed E-state index contributed by atoms with van der Waals surface area (Å²) >= 11 is 1.34. The monoisotopic (exact) mass is 456 g/mol. The Bertz CT molecular complexity index is 1070. The average Bonchev–Trinajstić information content (AvgIpc) is 3.14. The van der Waals surface area contributed by atoms with Crippen LogP contribution in [0.1, 0.15) is 26.6 Å². The first-order valence-corrected chi connectivity index (χ1v) is 11.4. The molecule has 3 heterocycles. The molecule has 1 aromatic carbocycles. The van der Waals surface area contributed by atoms with E-state index >= 15 is 0 Å². The average molecular weight is 457 g/mol. The number of nitrogens with zero attached hydrogens (tertiary/aromatic N) is 3. The van der Waals surface area contributed by atoms with Crippen molar-refractivity contribution in [2.75, 3.05) is 40.5 Å². The van der Waals surface area contributed by atoms with Crippen LogP contribution in [0, 0.1) is 6.92 Å². The van der Waals surface area contributed by atoms with Gasteiger partial charge in [0, 0.05) is 33.3 Å². The normalized spacial score (nSPS) is 16.9. The molecule has 0 aliphatic carbocycles. The number of rotatable bonds is 8. The molecule has 32 heavy (non-hydrogen) atoms. The van der Waals surface area contributed by atoms with E-state index in [0.29, 0.717) is 29.7 Å². The molecule has 0 radical (unpaired) electrons. The second kappa shape index (κ2) is 10.4. The first kappa shape index (κ1) is 22.6. The van der Waals surface area contributed by atoms with Crippen molar-refractivity contribution in [3.63, 3.8) is 0 Å². The minimum Gasteiger partial charge on any atom is -0.480 e. The van der Waals surface area contributed by atoms with Crippen LogP contribution in [0.25, 0.3) is 10.2 Å².